The van der Waals surface area contributed by atoms with Gasteiger partial charge in [-0.05, 0) is 37.6 Å². The lowest BCUT2D eigenvalue weighted by Gasteiger charge is -2.36. The number of hydrogen-bond acceptors (Lipinski definition) is 6. The first kappa shape index (κ1) is 17.7. The Labute approximate surface area is 150 Å². The number of pyridine rings is 1. The number of likely N-dealkylation sites (tertiary alicyclic amines) is 1. The Bertz CT molecular complexity index is 747. The van der Waals surface area contributed by atoms with Crippen LogP contribution in [0.25, 0.3) is 0 Å². The van der Waals surface area contributed by atoms with Gasteiger partial charge in [-0.2, -0.15) is 0 Å². The number of nitrogens with zero attached hydrogens (tertiary/aromatic N) is 2. The van der Waals surface area contributed by atoms with Gasteiger partial charge in [-0.15, -0.1) is 11.3 Å². The molecule has 25 heavy (non-hydrogen) atoms. The van der Waals surface area contributed by atoms with Crippen LogP contribution in [0.15, 0.2) is 36.5 Å². The van der Waals surface area contributed by atoms with Crippen LogP contribution in [0, 0.1) is 0 Å². The van der Waals surface area contributed by atoms with Crippen LogP contribution in [0.2, 0.25) is 0 Å². The fraction of sp³-hybridized carbons (Fsp3) is 0.389. The van der Waals surface area contributed by atoms with Gasteiger partial charge >= 0.3 is 0 Å². The van der Waals surface area contributed by atoms with Crippen LogP contribution < -0.4 is 5.32 Å². The maximum Gasteiger partial charge on any atom is 0.261 e. The summed E-state index contributed by atoms with van der Waals surface area (Å²) in [6, 6.07) is 8.82. The first-order valence-corrected chi connectivity index (χ1v) is 9.06. The number of carbonyl (C=O) groups excluding carboxylic acids is 2. The number of nitrogens with one attached hydrogen (secondary N) is 1. The zero-order valence-electron chi connectivity index (χ0n) is 14.0. The highest BCUT2D eigenvalue weighted by molar-refractivity contribution is 7.15. The summed E-state index contributed by atoms with van der Waals surface area (Å²) in [5.41, 5.74) is 0.965. The van der Waals surface area contributed by atoms with E-state index < -0.39 is 6.10 Å². The Morgan fingerprint density at radius 1 is 1.32 bits per heavy atom. The zero-order chi connectivity index (χ0) is 17.8. The molecule has 1 aliphatic heterocycles. The van der Waals surface area contributed by atoms with Gasteiger partial charge in [0.15, 0.2) is 5.78 Å². The van der Waals surface area contributed by atoms with Crippen LogP contribution in [0.1, 0.15) is 38.4 Å². The molecule has 0 saturated carbocycles. The number of aromatic nitrogens is 1. The number of Topliss-reactive ketones (excluding diaryl/α,β-unsaturated/α-hetero) is 1. The average molecular weight is 359 g/mol. The van der Waals surface area contributed by atoms with E-state index in [1.165, 1.54) is 18.3 Å². The van der Waals surface area contributed by atoms with Gasteiger partial charge in [0.1, 0.15) is 0 Å². The maximum absolute atomic E-state index is 12.3. The molecule has 0 unspecified atom stereocenters. The Morgan fingerprint density at radius 3 is 2.76 bits per heavy atom. The third kappa shape index (κ3) is 4.50. The van der Waals surface area contributed by atoms with Crippen LogP contribution in [-0.4, -0.2) is 51.9 Å². The van der Waals surface area contributed by atoms with Gasteiger partial charge in [-0.25, -0.2) is 0 Å². The van der Waals surface area contributed by atoms with E-state index in [-0.39, 0.29) is 17.7 Å². The minimum absolute atomic E-state index is 0.0492. The minimum Gasteiger partial charge on any atom is -0.390 e. The Balaban J connectivity index is 1.54. The molecule has 2 atom stereocenters. The van der Waals surface area contributed by atoms with E-state index in [9.17, 15) is 14.7 Å². The van der Waals surface area contributed by atoms with Crippen molar-refractivity contribution in [3.05, 3.63) is 52.0 Å². The SMILES string of the molecule is CC(=O)c1ccc(C(=O)N[C@@H]2CCN(Cc3ccccn3)C[C@H]2O)s1. The quantitative estimate of drug-likeness (QED) is 0.794. The summed E-state index contributed by atoms with van der Waals surface area (Å²) in [5, 5.41) is 13.3. The second-order valence-electron chi connectivity index (χ2n) is 6.21. The van der Waals surface area contributed by atoms with E-state index in [1.54, 1.807) is 18.3 Å². The minimum atomic E-state index is -0.631. The average Bonchev–Trinajstić information content (AvgIpc) is 3.09. The zero-order valence-corrected chi connectivity index (χ0v) is 14.8. The fourth-order valence-electron chi connectivity index (χ4n) is 2.92. The van der Waals surface area contributed by atoms with Crippen molar-refractivity contribution in [3.63, 3.8) is 0 Å². The van der Waals surface area contributed by atoms with Crippen molar-refractivity contribution in [2.75, 3.05) is 13.1 Å². The number of rotatable bonds is 5. The largest absolute Gasteiger partial charge is 0.390 e. The van der Waals surface area contributed by atoms with E-state index in [4.69, 9.17) is 0 Å². The molecule has 3 heterocycles. The normalized spacial score (nSPS) is 21.0. The van der Waals surface area contributed by atoms with Gasteiger partial charge in [0.05, 0.1) is 27.6 Å². The number of carbonyl (C=O) groups is 2. The standard InChI is InChI=1S/C18H21N3O3S/c1-12(22)16-5-6-17(25-16)18(24)20-14-7-9-21(11-15(14)23)10-13-4-2-3-8-19-13/h2-6,8,14-15,23H,7,9-11H2,1H3,(H,20,24)/t14-,15-/m1/s1. The van der Waals surface area contributed by atoms with Crippen molar-refractivity contribution in [1.29, 1.82) is 0 Å². The van der Waals surface area contributed by atoms with E-state index in [2.05, 4.69) is 15.2 Å². The fourth-order valence-corrected chi connectivity index (χ4v) is 3.72. The molecule has 0 aliphatic carbocycles. The third-order valence-electron chi connectivity index (χ3n) is 4.27. The van der Waals surface area contributed by atoms with Gasteiger partial charge < -0.3 is 10.4 Å². The van der Waals surface area contributed by atoms with Crippen molar-refractivity contribution >= 4 is 23.0 Å². The smallest absolute Gasteiger partial charge is 0.261 e. The molecule has 1 aliphatic rings. The Hall–Kier alpha value is -2.09. The Kier molecular flexibility index (Phi) is 5.57. The molecule has 2 aromatic heterocycles. The molecule has 0 aromatic carbocycles. The summed E-state index contributed by atoms with van der Waals surface area (Å²) in [6.45, 7) is 3.44. The van der Waals surface area contributed by atoms with Crippen LogP contribution >= 0.6 is 11.3 Å². The van der Waals surface area contributed by atoms with Crippen LogP contribution in [0.4, 0.5) is 0 Å². The molecule has 1 fully saturated rings. The summed E-state index contributed by atoms with van der Waals surface area (Å²) < 4.78 is 0. The first-order chi connectivity index (χ1) is 12.0. The van der Waals surface area contributed by atoms with Gasteiger partial charge in [0, 0.05) is 25.8 Å². The lowest BCUT2D eigenvalue weighted by atomic mass is 10.0. The van der Waals surface area contributed by atoms with Crippen LogP contribution in [0.3, 0.4) is 0 Å². The molecule has 7 heteroatoms. The number of amides is 1. The molecule has 0 bridgehead atoms. The molecule has 0 radical (unpaired) electrons. The van der Waals surface area contributed by atoms with Crippen LogP contribution in [-0.2, 0) is 6.54 Å². The number of piperidine rings is 1. The summed E-state index contributed by atoms with van der Waals surface area (Å²) >= 11 is 1.18. The predicted octanol–water partition coefficient (Wildman–Crippen LogP) is 1.71. The summed E-state index contributed by atoms with van der Waals surface area (Å²) in [4.78, 5) is 31.2. The Morgan fingerprint density at radius 2 is 2.12 bits per heavy atom. The highest BCUT2D eigenvalue weighted by atomic mass is 32.1. The van der Waals surface area contributed by atoms with Crippen molar-refractivity contribution in [3.8, 4) is 0 Å². The number of aliphatic hydroxyl groups excluding tert-OH is 1. The summed E-state index contributed by atoms with van der Waals surface area (Å²) in [6.07, 6.45) is 1.80. The highest BCUT2D eigenvalue weighted by Crippen LogP contribution is 2.19. The maximum atomic E-state index is 12.3. The number of thiophene rings is 1. The molecule has 2 aromatic rings. The van der Waals surface area contributed by atoms with E-state index in [0.717, 1.165) is 12.2 Å². The monoisotopic (exact) mass is 359 g/mol. The molecule has 2 N–H and O–H groups in total. The predicted molar refractivity (Wildman–Crippen MR) is 95.7 cm³/mol. The second-order valence-corrected chi connectivity index (χ2v) is 7.30. The third-order valence-corrected chi connectivity index (χ3v) is 5.46. The molecule has 6 nitrogen and oxygen atoms in total. The van der Waals surface area contributed by atoms with Gasteiger partial charge in [-0.3, -0.25) is 19.5 Å². The molecular weight excluding hydrogens is 338 g/mol. The van der Waals surface area contributed by atoms with Gasteiger partial charge in [-0.1, -0.05) is 6.07 Å². The van der Waals surface area contributed by atoms with E-state index >= 15 is 0 Å². The lowest BCUT2D eigenvalue weighted by Crippen LogP contribution is -2.53. The highest BCUT2D eigenvalue weighted by Gasteiger charge is 2.29. The lowest BCUT2D eigenvalue weighted by molar-refractivity contribution is 0.0346. The van der Waals surface area contributed by atoms with Crippen molar-refractivity contribution in [2.24, 2.45) is 0 Å². The molecule has 1 saturated heterocycles. The van der Waals surface area contributed by atoms with Gasteiger partial charge in [0.2, 0.25) is 0 Å². The van der Waals surface area contributed by atoms with Gasteiger partial charge in [0.25, 0.3) is 5.91 Å². The van der Waals surface area contributed by atoms with Crippen LogP contribution in [0.5, 0.6) is 0 Å². The molecular formula is C18H21N3O3S. The molecule has 0 spiro atoms. The van der Waals surface area contributed by atoms with Crippen molar-refractivity contribution < 1.29 is 14.7 Å². The second kappa shape index (κ2) is 7.86. The number of hydrogen-bond donors (Lipinski definition) is 2. The number of β-amino-alcohol motifs (C(OH)–C–C–N with tert-alkyl or cyclic N) is 1. The molecule has 1 amide bonds. The molecule has 3 rings (SSSR count). The number of aliphatic hydroxyl groups is 1. The van der Waals surface area contributed by atoms with Crippen molar-refractivity contribution in [2.45, 2.75) is 32.0 Å². The van der Waals surface area contributed by atoms with E-state index in [1.807, 2.05) is 18.2 Å². The summed E-state index contributed by atoms with van der Waals surface area (Å²) in [7, 11) is 0. The molecule has 132 valence electrons. The first-order valence-electron chi connectivity index (χ1n) is 8.25. The van der Waals surface area contributed by atoms with E-state index in [0.29, 0.717) is 29.3 Å². The number of ketones is 1. The topological polar surface area (TPSA) is 82.5 Å². The van der Waals surface area contributed by atoms with Crippen molar-refractivity contribution in [1.82, 2.24) is 15.2 Å². The summed E-state index contributed by atoms with van der Waals surface area (Å²) in [5.74, 6) is -0.286.